The van der Waals surface area contributed by atoms with E-state index in [9.17, 15) is 28.2 Å². The van der Waals surface area contributed by atoms with E-state index in [-0.39, 0.29) is 29.1 Å². The second-order valence-corrected chi connectivity index (χ2v) is 10.8. The van der Waals surface area contributed by atoms with Crippen LogP contribution in [-0.2, 0) is 6.18 Å². The van der Waals surface area contributed by atoms with Gasteiger partial charge in [0.15, 0.2) is 0 Å². The molecule has 4 bridgehead atoms. The van der Waals surface area contributed by atoms with Crippen molar-refractivity contribution in [1.82, 2.24) is 5.32 Å². The van der Waals surface area contributed by atoms with E-state index < -0.39 is 29.4 Å². The van der Waals surface area contributed by atoms with Crippen molar-refractivity contribution >= 4 is 11.6 Å². The van der Waals surface area contributed by atoms with E-state index in [0.29, 0.717) is 24.8 Å². The van der Waals surface area contributed by atoms with Crippen molar-refractivity contribution in [1.29, 1.82) is 0 Å². The zero-order chi connectivity index (χ0) is 25.6. The number of benzene rings is 2. The second kappa shape index (κ2) is 9.36. The number of ether oxygens (including phenoxy) is 1. The number of halogens is 3. The first-order chi connectivity index (χ1) is 17.0. The van der Waals surface area contributed by atoms with Gasteiger partial charge in [0.1, 0.15) is 18.5 Å². The molecule has 2 aromatic carbocycles. The van der Waals surface area contributed by atoms with Crippen LogP contribution >= 0.6 is 0 Å². The third-order valence-corrected chi connectivity index (χ3v) is 7.75. The molecule has 194 valence electrons. The van der Waals surface area contributed by atoms with Crippen LogP contribution in [0.2, 0.25) is 0 Å². The highest BCUT2D eigenvalue weighted by Crippen LogP contribution is 2.57. The van der Waals surface area contributed by atoms with Crippen molar-refractivity contribution in [2.24, 2.45) is 11.8 Å². The summed E-state index contributed by atoms with van der Waals surface area (Å²) in [5.74, 6) is 0.670. The Balaban J connectivity index is 1.18. The number of aliphatic hydroxyl groups is 2. The van der Waals surface area contributed by atoms with Crippen molar-refractivity contribution in [3.63, 3.8) is 0 Å². The summed E-state index contributed by atoms with van der Waals surface area (Å²) in [7, 11) is 0. The molecule has 4 saturated carbocycles. The number of rotatable bonds is 8. The molecular weight excluding hydrogens is 473 g/mol. The number of hydrogen-bond acceptors (Lipinski definition) is 5. The molecule has 4 N–H and O–H groups in total. The van der Waals surface area contributed by atoms with E-state index in [1.54, 1.807) is 18.2 Å². The van der Waals surface area contributed by atoms with Crippen LogP contribution in [0, 0.1) is 11.8 Å². The lowest BCUT2D eigenvalue weighted by Gasteiger charge is -2.60. The molecule has 0 aromatic heterocycles. The third-order valence-electron chi connectivity index (χ3n) is 7.75. The fourth-order valence-corrected chi connectivity index (χ4v) is 6.75. The predicted molar refractivity (Wildman–Crippen MR) is 128 cm³/mol. The Morgan fingerprint density at radius 3 is 2.50 bits per heavy atom. The van der Waals surface area contributed by atoms with E-state index in [0.717, 1.165) is 37.8 Å². The average Bonchev–Trinajstić information content (AvgIpc) is 2.80. The normalized spacial score (nSPS) is 29.7. The van der Waals surface area contributed by atoms with Gasteiger partial charge in [-0.2, -0.15) is 13.2 Å². The zero-order valence-electron chi connectivity index (χ0n) is 19.9. The number of carbonyl (C=O) groups excluding carboxylic acids is 1. The molecule has 0 saturated heterocycles. The second-order valence-electron chi connectivity index (χ2n) is 10.8. The van der Waals surface area contributed by atoms with Crippen LogP contribution < -0.4 is 15.4 Å². The number of aliphatic hydroxyl groups excluding tert-OH is 1. The van der Waals surface area contributed by atoms with Crippen LogP contribution in [0.3, 0.4) is 0 Å². The molecule has 4 fully saturated rings. The number of β-amino-alcohol motifs (C(OH)–C–C–N with tert-alkyl or cyclic N) is 1. The SMILES string of the molecule is O=C(Nc1cccc(C(F)(F)F)c1)c1ccccc1OCC(O)CNC12CC3CC(CC(O)(C3)C1)C2. The summed E-state index contributed by atoms with van der Waals surface area (Å²) in [4.78, 5) is 12.8. The van der Waals surface area contributed by atoms with Gasteiger partial charge in [-0.15, -0.1) is 0 Å². The molecule has 36 heavy (non-hydrogen) atoms. The first kappa shape index (κ1) is 25.0. The van der Waals surface area contributed by atoms with Crippen molar-refractivity contribution in [3.8, 4) is 5.75 Å². The van der Waals surface area contributed by atoms with Crippen molar-refractivity contribution < 1.29 is 32.9 Å². The van der Waals surface area contributed by atoms with Crippen LogP contribution in [0.4, 0.5) is 18.9 Å². The van der Waals surface area contributed by atoms with Gasteiger partial charge < -0.3 is 25.6 Å². The fourth-order valence-electron chi connectivity index (χ4n) is 6.75. The molecule has 4 aliphatic carbocycles. The van der Waals surface area contributed by atoms with Crippen LogP contribution in [0.5, 0.6) is 5.75 Å². The summed E-state index contributed by atoms with van der Waals surface area (Å²) in [6, 6.07) is 10.8. The van der Waals surface area contributed by atoms with Gasteiger partial charge in [0.25, 0.3) is 5.91 Å². The number of amides is 1. The molecule has 3 unspecified atom stereocenters. The van der Waals surface area contributed by atoms with E-state index >= 15 is 0 Å². The smallest absolute Gasteiger partial charge is 0.416 e. The Labute approximate surface area is 207 Å². The van der Waals surface area contributed by atoms with Gasteiger partial charge in [-0.25, -0.2) is 0 Å². The van der Waals surface area contributed by atoms with Gasteiger partial charge in [-0.1, -0.05) is 18.2 Å². The highest BCUT2D eigenvalue weighted by Gasteiger charge is 2.57. The summed E-state index contributed by atoms with van der Waals surface area (Å²) in [5.41, 5.74) is -1.43. The Bertz CT molecular complexity index is 1110. The van der Waals surface area contributed by atoms with Gasteiger partial charge >= 0.3 is 6.18 Å². The van der Waals surface area contributed by atoms with Crippen LogP contribution in [-0.4, -0.2) is 46.5 Å². The van der Waals surface area contributed by atoms with Crippen molar-refractivity contribution in [2.45, 2.75) is 61.9 Å². The summed E-state index contributed by atoms with van der Waals surface area (Å²) in [6.45, 7) is 0.238. The van der Waals surface area contributed by atoms with Crippen molar-refractivity contribution in [2.75, 3.05) is 18.5 Å². The molecule has 2 aromatic rings. The molecule has 6 nitrogen and oxygen atoms in total. The van der Waals surface area contributed by atoms with Gasteiger partial charge in [-0.05, 0) is 80.7 Å². The molecule has 1 amide bonds. The Kier molecular flexibility index (Phi) is 6.51. The predicted octanol–water partition coefficient (Wildman–Crippen LogP) is 4.37. The molecular formula is C27H31F3N2O4. The highest BCUT2D eigenvalue weighted by molar-refractivity contribution is 6.06. The Hall–Kier alpha value is -2.62. The maximum atomic E-state index is 13.0. The number of carbonyl (C=O) groups is 1. The molecule has 6 rings (SSSR count). The summed E-state index contributed by atoms with van der Waals surface area (Å²) in [5, 5.41) is 27.5. The minimum Gasteiger partial charge on any atom is -0.490 e. The number of nitrogens with one attached hydrogen (secondary N) is 2. The van der Waals surface area contributed by atoms with Crippen LogP contribution in [0.25, 0.3) is 0 Å². The molecule has 0 radical (unpaired) electrons. The summed E-state index contributed by atoms with van der Waals surface area (Å²) < 4.78 is 44.7. The van der Waals surface area contributed by atoms with Crippen LogP contribution in [0.15, 0.2) is 48.5 Å². The molecule has 0 aliphatic heterocycles. The van der Waals surface area contributed by atoms with E-state index in [4.69, 9.17) is 4.74 Å². The van der Waals surface area contributed by atoms with E-state index in [1.807, 2.05) is 0 Å². The van der Waals surface area contributed by atoms with Gasteiger partial charge in [0, 0.05) is 17.8 Å². The van der Waals surface area contributed by atoms with Gasteiger partial charge in [0.05, 0.1) is 16.7 Å². The molecule has 3 atom stereocenters. The number of alkyl halides is 3. The minimum absolute atomic E-state index is 0.0195. The lowest BCUT2D eigenvalue weighted by Crippen LogP contribution is -2.65. The van der Waals surface area contributed by atoms with Gasteiger partial charge in [0.2, 0.25) is 0 Å². The Morgan fingerprint density at radius 2 is 1.81 bits per heavy atom. The number of hydrogen-bond donors (Lipinski definition) is 4. The first-order valence-corrected chi connectivity index (χ1v) is 12.4. The first-order valence-electron chi connectivity index (χ1n) is 12.4. The maximum Gasteiger partial charge on any atom is 0.416 e. The maximum absolute atomic E-state index is 13.0. The summed E-state index contributed by atoms with van der Waals surface area (Å²) in [6.07, 6.45) is 0.300. The molecule has 0 spiro atoms. The fraction of sp³-hybridized carbons (Fsp3) is 0.519. The molecule has 9 heteroatoms. The monoisotopic (exact) mass is 504 g/mol. The minimum atomic E-state index is -4.51. The largest absolute Gasteiger partial charge is 0.490 e. The van der Waals surface area contributed by atoms with E-state index in [1.165, 1.54) is 24.6 Å². The zero-order valence-corrected chi connectivity index (χ0v) is 19.9. The lowest BCUT2D eigenvalue weighted by molar-refractivity contribution is -0.143. The topological polar surface area (TPSA) is 90.8 Å². The number of anilines is 1. The quantitative estimate of drug-likeness (QED) is 0.429. The lowest BCUT2D eigenvalue weighted by atomic mass is 9.51. The standard InChI is InChI=1S/C27H31F3N2O4/c28-27(29,30)19-4-3-5-20(9-19)32-24(34)22-6-1-2-7-23(22)36-15-21(33)14-31-25-10-17-8-18(11-25)13-26(35,12-17)16-25/h1-7,9,17-18,21,31,33,35H,8,10-16H2,(H,32,34). The average molecular weight is 505 g/mol. The molecule has 0 heterocycles. The Morgan fingerprint density at radius 1 is 1.08 bits per heavy atom. The molecule has 4 aliphatic rings. The van der Waals surface area contributed by atoms with Crippen LogP contribution in [0.1, 0.15) is 54.4 Å². The van der Waals surface area contributed by atoms with Crippen molar-refractivity contribution in [3.05, 3.63) is 59.7 Å². The van der Waals surface area contributed by atoms with Gasteiger partial charge in [-0.3, -0.25) is 4.79 Å². The summed E-state index contributed by atoms with van der Waals surface area (Å²) >= 11 is 0. The number of para-hydroxylation sites is 1. The van der Waals surface area contributed by atoms with E-state index in [2.05, 4.69) is 10.6 Å². The highest BCUT2D eigenvalue weighted by atomic mass is 19.4. The third kappa shape index (κ3) is 5.38.